The van der Waals surface area contributed by atoms with Crippen molar-refractivity contribution >= 4 is 16.0 Å². The number of carboxylic acid groups (broad SMARTS) is 1. The fourth-order valence-corrected chi connectivity index (χ4v) is 4.73. The zero-order valence-corrected chi connectivity index (χ0v) is 12.1. The first kappa shape index (κ1) is 14.7. The van der Waals surface area contributed by atoms with Gasteiger partial charge in [0.15, 0.2) is 0 Å². The molecule has 2 aliphatic heterocycles. The minimum absolute atomic E-state index is 0.0619. The average molecular weight is 290 g/mol. The number of aliphatic carboxylic acids is 1. The molecule has 0 bridgehead atoms. The van der Waals surface area contributed by atoms with Crippen LogP contribution in [0, 0.1) is 0 Å². The molecule has 110 valence electrons. The van der Waals surface area contributed by atoms with E-state index in [4.69, 9.17) is 5.11 Å². The molecular formula is C12H22N2O4S. The second-order valence-electron chi connectivity index (χ2n) is 5.52. The number of nitrogens with zero attached hydrogens (tertiary/aromatic N) is 2. The number of hydrogen-bond donors (Lipinski definition) is 1. The van der Waals surface area contributed by atoms with Crippen LogP contribution in [-0.2, 0) is 14.8 Å². The van der Waals surface area contributed by atoms with Crippen molar-refractivity contribution in [2.45, 2.75) is 44.7 Å². The molecule has 2 unspecified atom stereocenters. The average Bonchev–Trinajstić information content (AvgIpc) is 2.35. The fourth-order valence-electron chi connectivity index (χ4n) is 3.05. The lowest BCUT2D eigenvalue weighted by Crippen LogP contribution is -2.60. The van der Waals surface area contributed by atoms with Crippen LogP contribution < -0.4 is 0 Å². The molecule has 0 saturated carbocycles. The number of rotatable bonds is 4. The number of hydrogen-bond acceptors (Lipinski definition) is 4. The Morgan fingerprint density at radius 1 is 1.32 bits per heavy atom. The standard InChI is InChI=1S/C12H22N2O4S/c1-10-8-13-6-3-2-4-11(13)9-14(10)19(17,18)7-5-12(15)16/h10-11H,2-9H2,1H3,(H,15,16). The van der Waals surface area contributed by atoms with E-state index in [9.17, 15) is 13.2 Å². The van der Waals surface area contributed by atoms with Crippen LogP contribution in [0.3, 0.4) is 0 Å². The van der Waals surface area contributed by atoms with Crippen LogP contribution in [-0.4, -0.2) is 66.2 Å². The Balaban J connectivity index is 2.04. The predicted octanol–water partition coefficient (Wildman–Crippen LogP) is 0.350. The zero-order valence-electron chi connectivity index (χ0n) is 11.3. The Kier molecular flexibility index (Phi) is 4.47. The minimum Gasteiger partial charge on any atom is -0.481 e. The van der Waals surface area contributed by atoms with Gasteiger partial charge in [-0.05, 0) is 26.3 Å². The summed E-state index contributed by atoms with van der Waals surface area (Å²) in [5.74, 6) is -1.35. The summed E-state index contributed by atoms with van der Waals surface area (Å²) in [4.78, 5) is 12.9. The van der Waals surface area contributed by atoms with Crippen LogP contribution in [0.5, 0.6) is 0 Å². The Hall–Kier alpha value is -0.660. The van der Waals surface area contributed by atoms with Gasteiger partial charge in [-0.3, -0.25) is 9.69 Å². The van der Waals surface area contributed by atoms with Crippen LogP contribution in [0.2, 0.25) is 0 Å². The molecule has 2 aliphatic rings. The SMILES string of the molecule is CC1CN2CCCCC2CN1S(=O)(=O)CCC(=O)O. The van der Waals surface area contributed by atoms with Gasteiger partial charge < -0.3 is 5.11 Å². The molecule has 0 aliphatic carbocycles. The zero-order chi connectivity index (χ0) is 14.0. The van der Waals surface area contributed by atoms with Gasteiger partial charge in [0, 0.05) is 25.2 Å². The van der Waals surface area contributed by atoms with Crippen molar-refractivity contribution in [1.29, 1.82) is 0 Å². The van der Waals surface area contributed by atoms with Gasteiger partial charge in [0.2, 0.25) is 10.0 Å². The van der Waals surface area contributed by atoms with E-state index in [0.29, 0.717) is 12.6 Å². The smallest absolute Gasteiger partial charge is 0.304 e. The number of carbonyl (C=O) groups is 1. The highest BCUT2D eigenvalue weighted by molar-refractivity contribution is 7.89. The molecule has 2 atom stereocenters. The maximum atomic E-state index is 12.2. The maximum absolute atomic E-state index is 12.2. The highest BCUT2D eigenvalue weighted by Crippen LogP contribution is 2.26. The third-order valence-electron chi connectivity index (χ3n) is 4.06. The highest BCUT2D eigenvalue weighted by atomic mass is 32.2. The topological polar surface area (TPSA) is 77.9 Å². The molecule has 0 amide bonds. The Bertz CT molecular complexity index is 437. The van der Waals surface area contributed by atoms with Gasteiger partial charge in [-0.25, -0.2) is 8.42 Å². The van der Waals surface area contributed by atoms with E-state index in [1.807, 2.05) is 6.92 Å². The summed E-state index contributed by atoms with van der Waals surface area (Å²) < 4.78 is 26.0. The predicted molar refractivity (Wildman–Crippen MR) is 71.4 cm³/mol. The van der Waals surface area contributed by atoms with Crippen molar-refractivity contribution in [3.8, 4) is 0 Å². The van der Waals surface area contributed by atoms with Crippen molar-refractivity contribution in [2.75, 3.05) is 25.4 Å². The molecule has 19 heavy (non-hydrogen) atoms. The maximum Gasteiger partial charge on any atom is 0.304 e. The first-order valence-corrected chi connectivity index (χ1v) is 8.46. The van der Waals surface area contributed by atoms with Gasteiger partial charge in [0.25, 0.3) is 0 Å². The third kappa shape index (κ3) is 3.46. The van der Waals surface area contributed by atoms with Crippen molar-refractivity contribution < 1.29 is 18.3 Å². The molecule has 0 spiro atoms. The van der Waals surface area contributed by atoms with E-state index in [2.05, 4.69) is 4.90 Å². The number of carboxylic acids is 1. The normalized spacial score (nSPS) is 29.9. The second-order valence-corrected chi connectivity index (χ2v) is 7.56. The van der Waals surface area contributed by atoms with Crippen LogP contribution in [0.1, 0.15) is 32.6 Å². The lowest BCUT2D eigenvalue weighted by atomic mass is 9.99. The Morgan fingerprint density at radius 3 is 2.74 bits per heavy atom. The van der Waals surface area contributed by atoms with Crippen LogP contribution in [0.4, 0.5) is 0 Å². The number of piperazine rings is 1. The summed E-state index contributed by atoms with van der Waals surface area (Å²) >= 11 is 0. The van der Waals surface area contributed by atoms with Gasteiger partial charge in [-0.2, -0.15) is 4.31 Å². The van der Waals surface area contributed by atoms with Crippen molar-refractivity contribution in [2.24, 2.45) is 0 Å². The largest absolute Gasteiger partial charge is 0.481 e. The van der Waals surface area contributed by atoms with Crippen molar-refractivity contribution in [1.82, 2.24) is 9.21 Å². The molecule has 2 fully saturated rings. The lowest BCUT2D eigenvalue weighted by molar-refractivity contribution is -0.136. The lowest BCUT2D eigenvalue weighted by Gasteiger charge is -2.46. The molecule has 6 nitrogen and oxygen atoms in total. The van der Waals surface area contributed by atoms with E-state index in [1.54, 1.807) is 0 Å². The first-order chi connectivity index (χ1) is 8.90. The second kappa shape index (κ2) is 5.76. The summed E-state index contributed by atoms with van der Waals surface area (Å²) in [6.45, 7) is 4.24. The van der Waals surface area contributed by atoms with E-state index in [0.717, 1.165) is 25.9 Å². The molecule has 2 saturated heterocycles. The summed E-state index contributed by atoms with van der Waals surface area (Å²) in [5.41, 5.74) is 0. The van der Waals surface area contributed by atoms with E-state index >= 15 is 0 Å². The number of piperidine rings is 1. The Morgan fingerprint density at radius 2 is 2.05 bits per heavy atom. The molecule has 0 aromatic carbocycles. The molecule has 1 N–H and O–H groups in total. The molecule has 0 radical (unpaired) electrons. The monoisotopic (exact) mass is 290 g/mol. The molecule has 0 aromatic rings. The number of fused-ring (bicyclic) bond motifs is 1. The van der Waals surface area contributed by atoms with Gasteiger partial charge in [0.05, 0.1) is 12.2 Å². The summed E-state index contributed by atoms with van der Waals surface area (Å²) in [6.07, 6.45) is 3.06. The van der Waals surface area contributed by atoms with Gasteiger partial charge in [0.1, 0.15) is 0 Å². The van der Waals surface area contributed by atoms with E-state index < -0.39 is 16.0 Å². The highest BCUT2D eigenvalue weighted by Gasteiger charge is 2.38. The molecule has 2 heterocycles. The third-order valence-corrected chi connectivity index (χ3v) is 6.00. The van der Waals surface area contributed by atoms with Crippen LogP contribution in [0.15, 0.2) is 0 Å². The Labute approximate surface area is 114 Å². The molecule has 0 aromatic heterocycles. The molecule has 2 rings (SSSR count). The summed E-state index contributed by atoms with van der Waals surface area (Å²) in [6, 6.07) is 0.248. The van der Waals surface area contributed by atoms with Gasteiger partial charge in [-0.15, -0.1) is 0 Å². The van der Waals surface area contributed by atoms with E-state index in [1.165, 1.54) is 10.7 Å². The number of sulfonamides is 1. The van der Waals surface area contributed by atoms with Gasteiger partial charge in [-0.1, -0.05) is 6.42 Å². The van der Waals surface area contributed by atoms with Crippen molar-refractivity contribution in [3.63, 3.8) is 0 Å². The van der Waals surface area contributed by atoms with Crippen LogP contribution in [0.25, 0.3) is 0 Å². The molecule has 7 heteroatoms. The first-order valence-electron chi connectivity index (χ1n) is 6.85. The van der Waals surface area contributed by atoms with Gasteiger partial charge >= 0.3 is 5.97 Å². The van der Waals surface area contributed by atoms with Crippen molar-refractivity contribution in [3.05, 3.63) is 0 Å². The fraction of sp³-hybridized carbons (Fsp3) is 0.917. The molecular weight excluding hydrogens is 268 g/mol. The summed E-state index contributed by atoms with van der Waals surface area (Å²) in [7, 11) is -3.45. The van der Waals surface area contributed by atoms with Crippen LogP contribution >= 0.6 is 0 Å². The van der Waals surface area contributed by atoms with E-state index in [-0.39, 0.29) is 18.2 Å². The quantitative estimate of drug-likeness (QED) is 0.808. The minimum atomic E-state index is -3.45. The summed E-state index contributed by atoms with van der Waals surface area (Å²) in [5, 5.41) is 8.64.